The van der Waals surface area contributed by atoms with Crippen molar-refractivity contribution >= 4 is 28.3 Å². The van der Waals surface area contributed by atoms with Crippen LogP contribution < -0.4 is 0 Å². The molecule has 6 heteroatoms. The van der Waals surface area contributed by atoms with Gasteiger partial charge in [-0.15, -0.1) is 0 Å². The lowest BCUT2D eigenvalue weighted by molar-refractivity contribution is 0.0601. The molecule has 2 aromatic carbocycles. The molecule has 0 saturated carbocycles. The molecule has 0 spiro atoms. The zero-order valence-electron chi connectivity index (χ0n) is 18.1. The summed E-state index contributed by atoms with van der Waals surface area (Å²) in [5.74, 6) is -0.354. The van der Waals surface area contributed by atoms with Crippen LogP contribution in [-0.4, -0.2) is 46.9 Å². The summed E-state index contributed by atoms with van der Waals surface area (Å²) < 4.78 is 4.83. The van der Waals surface area contributed by atoms with Crippen molar-refractivity contribution in [1.29, 1.82) is 0 Å². The van der Waals surface area contributed by atoms with Gasteiger partial charge in [-0.2, -0.15) is 0 Å². The number of carbonyl (C=O) groups excluding carboxylic acids is 1. The first-order chi connectivity index (χ1) is 15.1. The summed E-state index contributed by atoms with van der Waals surface area (Å²) >= 11 is 0. The van der Waals surface area contributed by atoms with Gasteiger partial charge in [0.15, 0.2) is 5.88 Å². The largest absolute Gasteiger partial charge is 0.494 e. The number of benzene rings is 2. The van der Waals surface area contributed by atoms with Gasteiger partial charge in [-0.05, 0) is 68.2 Å². The minimum absolute atomic E-state index is 0.0549. The van der Waals surface area contributed by atoms with Gasteiger partial charge in [-0.3, -0.25) is 9.89 Å². The van der Waals surface area contributed by atoms with E-state index >= 15 is 0 Å². The third kappa shape index (κ3) is 4.64. The van der Waals surface area contributed by atoms with Crippen molar-refractivity contribution in [3.8, 4) is 5.88 Å². The SMILES string of the molecule is CCC(=Nc1ccc(CN2CCCCC2)cc1)c1c(O)[nH]c2ccc(C(=O)OC)cc12. The Kier molecular flexibility index (Phi) is 6.37. The summed E-state index contributed by atoms with van der Waals surface area (Å²) in [6.45, 7) is 5.33. The zero-order chi connectivity index (χ0) is 21.8. The van der Waals surface area contributed by atoms with E-state index in [2.05, 4.69) is 22.0 Å². The summed E-state index contributed by atoms with van der Waals surface area (Å²) in [5, 5.41) is 11.3. The highest BCUT2D eigenvalue weighted by Crippen LogP contribution is 2.31. The van der Waals surface area contributed by atoms with Crippen LogP contribution >= 0.6 is 0 Å². The van der Waals surface area contributed by atoms with Crippen LogP contribution in [0, 0.1) is 0 Å². The van der Waals surface area contributed by atoms with Crippen molar-refractivity contribution in [1.82, 2.24) is 9.88 Å². The number of nitrogens with zero attached hydrogens (tertiary/aromatic N) is 2. The third-order valence-electron chi connectivity index (χ3n) is 5.88. The maximum absolute atomic E-state index is 12.0. The van der Waals surface area contributed by atoms with Gasteiger partial charge < -0.3 is 14.8 Å². The lowest BCUT2D eigenvalue weighted by Crippen LogP contribution is -2.28. The molecule has 0 atom stereocenters. The summed E-state index contributed by atoms with van der Waals surface area (Å²) in [6, 6.07) is 13.5. The van der Waals surface area contributed by atoms with E-state index in [0.717, 1.165) is 28.8 Å². The molecule has 31 heavy (non-hydrogen) atoms. The summed E-state index contributed by atoms with van der Waals surface area (Å²) in [6.07, 6.45) is 4.55. The average Bonchev–Trinajstić information content (AvgIpc) is 3.13. The maximum Gasteiger partial charge on any atom is 0.337 e. The fourth-order valence-corrected chi connectivity index (χ4v) is 4.23. The minimum atomic E-state index is -0.409. The molecule has 2 heterocycles. The minimum Gasteiger partial charge on any atom is -0.494 e. The zero-order valence-corrected chi connectivity index (χ0v) is 18.1. The predicted molar refractivity (Wildman–Crippen MR) is 123 cm³/mol. The Bertz CT molecular complexity index is 1090. The first-order valence-electron chi connectivity index (χ1n) is 10.9. The van der Waals surface area contributed by atoms with Crippen LogP contribution in [0.25, 0.3) is 10.9 Å². The third-order valence-corrected chi connectivity index (χ3v) is 5.88. The number of H-pyrrole nitrogens is 1. The van der Waals surface area contributed by atoms with E-state index in [-0.39, 0.29) is 5.88 Å². The van der Waals surface area contributed by atoms with Gasteiger partial charge in [-0.1, -0.05) is 25.5 Å². The number of aromatic amines is 1. The van der Waals surface area contributed by atoms with Crippen LogP contribution in [0.2, 0.25) is 0 Å². The van der Waals surface area contributed by atoms with Crippen LogP contribution in [0.3, 0.4) is 0 Å². The standard InChI is InChI=1S/C25H29N3O3/c1-3-21(23-20-15-18(25(30)31-2)9-12-22(20)27-24(23)29)26-19-10-7-17(8-11-19)16-28-13-5-4-6-14-28/h7-12,15,27,29H,3-6,13-14,16H2,1-2H3. The molecule has 1 fully saturated rings. The second kappa shape index (κ2) is 9.35. The van der Waals surface area contributed by atoms with Gasteiger partial charge in [0.2, 0.25) is 0 Å². The normalized spacial score (nSPS) is 15.4. The Morgan fingerprint density at radius 1 is 1.13 bits per heavy atom. The van der Waals surface area contributed by atoms with Gasteiger partial charge in [0.05, 0.1) is 29.6 Å². The smallest absolute Gasteiger partial charge is 0.337 e. The molecule has 1 aliphatic heterocycles. The maximum atomic E-state index is 12.0. The van der Waals surface area contributed by atoms with Crippen molar-refractivity contribution in [3.05, 3.63) is 59.2 Å². The van der Waals surface area contributed by atoms with Crippen LogP contribution in [0.15, 0.2) is 47.5 Å². The highest BCUT2D eigenvalue weighted by Gasteiger charge is 2.18. The van der Waals surface area contributed by atoms with E-state index < -0.39 is 5.97 Å². The van der Waals surface area contributed by atoms with Gasteiger partial charge in [0.1, 0.15) is 0 Å². The lowest BCUT2D eigenvalue weighted by Gasteiger charge is -2.26. The van der Waals surface area contributed by atoms with Crippen molar-refractivity contribution in [2.45, 2.75) is 39.2 Å². The molecule has 0 aliphatic carbocycles. The Morgan fingerprint density at radius 3 is 2.55 bits per heavy atom. The molecular formula is C25H29N3O3. The number of piperidine rings is 1. The van der Waals surface area contributed by atoms with Crippen molar-refractivity contribution in [3.63, 3.8) is 0 Å². The summed E-state index contributed by atoms with van der Waals surface area (Å²) in [5.41, 5.74) is 4.70. The number of likely N-dealkylation sites (tertiary alicyclic amines) is 1. The Labute approximate surface area is 182 Å². The Hall–Kier alpha value is -3.12. The van der Waals surface area contributed by atoms with Crippen LogP contribution in [0.5, 0.6) is 5.88 Å². The number of ether oxygens (including phenoxy) is 1. The number of aromatic nitrogens is 1. The molecule has 0 amide bonds. The van der Waals surface area contributed by atoms with E-state index in [9.17, 15) is 9.90 Å². The van der Waals surface area contributed by atoms with Gasteiger partial charge >= 0.3 is 5.97 Å². The Balaban J connectivity index is 1.62. The fraction of sp³-hybridized carbons (Fsp3) is 0.360. The number of fused-ring (bicyclic) bond motifs is 1. The summed E-state index contributed by atoms with van der Waals surface area (Å²) in [7, 11) is 1.36. The molecule has 0 radical (unpaired) electrons. The van der Waals surface area contributed by atoms with E-state index in [1.54, 1.807) is 18.2 Å². The molecular weight excluding hydrogens is 390 g/mol. The highest BCUT2D eigenvalue weighted by molar-refractivity contribution is 6.14. The first-order valence-corrected chi connectivity index (χ1v) is 10.9. The number of hydrogen-bond donors (Lipinski definition) is 2. The number of aliphatic imine (C=N–C) groups is 1. The van der Waals surface area contributed by atoms with Crippen molar-refractivity contribution in [2.24, 2.45) is 4.99 Å². The second-order valence-corrected chi connectivity index (χ2v) is 8.02. The van der Waals surface area contributed by atoms with Crippen molar-refractivity contribution < 1.29 is 14.6 Å². The van der Waals surface area contributed by atoms with Crippen LogP contribution in [0.4, 0.5) is 5.69 Å². The molecule has 4 rings (SSSR count). The van der Waals surface area contributed by atoms with E-state index in [4.69, 9.17) is 9.73 Å². The average molecular weight is 420 g/mol. The van der Waals surface area contributed by atoms with Crippen LogP contribution in [-0.2, 0) is 11.3 Å². The van der Waals surface area contributed by atoms with Crippen LogP contribution in [0.1, 0.15) is 54.1 Å². The number of nitrogens with one attached hydrogen (secondary N) is 1. The van der Waals surface area contributed by atoms with Crippen molar-refractivity contribution in [2.75, 3.05) is 20.2 Å². The van der Waals surface area contributed by atoms with E-state index in [0.29, 0.717) is 17.5 Å². The summed E-state index contributed by atoms with van der Waals surface area (Å²) in [4.78, 5) is 22.3. The Morgan fingerprint density at radius 2 is 1.87 bits per heavy atom. The number of methoxy groups -OCH3 is 1. The molecule has 6 nitrogen and oxygen atoms in total. The fourth-order valence-electron chi connectivity index (χ4n) is 4.23. The molecule has 162 valence electrons. The van der Waals surface area contributed by atoms with E-state index in [1.165, 1.54) is 45.0 Å². The molecule has 0 bridgehead atoms. The lowest BCUT2D eigenvalue weighted by atomic mass is 10.0. The highest BCUT2D eigenvalue weighted by atomic mass is 16.5. The quantitative estimate of drug-likeness (QED) is 0.426. The number of hydrogen-bond acceptors (Lipinski definition) is 5. The van der Waals surface area contributed by atoms with Gasteiger partial charge in [0, 0.05) is 17.4 Å². The molecule has 2 N–H and O–H groups in total. The molecule has 1 aromatic heterocycles. The molecule has 1 aliphatic rings. The van der Waals surface area contributed by atoms with Gasteiger partial charge in [-0.25, -0.2) is 4.79 Å². The second-order valence-electron chi connectivity index (χ2n) is 8.02. The number of rotatable bonds is 6. The number of esters is 1. The van der Waals surface area contributed by atoms with E-state index in [1.807, 2.05) is 19.1 Å². The van der Waals surface area contributed by atoms with Gasteiger partial charge in [0.25, 0.3) is 0 Å². The topological polar surface area (TPSA) is 77.9 Å². The molecule has 3 aromatic rings. The molecule has 0 unspecified atom stereocenters. The monoisotopic (exact) mass is 419 g/mol. The number of aromatic hydroxyl groups is 1. The number of carbonyl (C=O) groups is 1. The molecule has 1 saturated heterocycles. The first kappa shape index (κ1) is 21.1. The predicted octanol–water partition coefficient (Wildman–Crippen LogP) is 5.18.